The van der Waals surface area contributed by atoms with Gasteiger partial charge in [0.05, 0.1) is 0 Å². The molecule has 1 aromatic heterocycles. The lowest BCUT2D eigenvalue weighted by atomic mass is 10.0. The Hall–Kier alpha value is -1.24. The number of pyridine rings is 1. The van der Waals surface area contributed by atoms with Crippen molar-refractivity contribution < 1.29 is 8.42 Å². The van der Waals surface area contributed by atoms with Gasteiger partial charge in [-0.1, -0.05) is 38.1 Å². The molecule has 0 atom stereocenters. The number of rotatable bonds is 5. The van der Waals surface area contributed by atoms with Crippen LogP contribution < -0.4 is 4.72 Å². The van der Waals surface area contributed by atoms with E-state index < -0.39 is 10.0 Å². The topological polar surface area (TPSA) is 59.1 Å². The van der Waals surface area contributed by atoms with Crippen LogP contribution in [0.2, 0.25) is 0 Å². The van der Waals surface area contributed by atoms with Crippen LogP contribution in [0.4, 0.5) is 0 Å². The fourth-order valence-electron chi connectivity index (χ4n) is 1.82. The van der Waals surface area contributed by atoms with Crippen LogP contribution in [0.1, 0.15) is 30.9 Å². The van der Waals surface area contributed by atoms with Crippen molar-refractivity contribution in [1.29, 1.82) is 0 Å². The van der Waals surface area contributed by atoms with Crippen molar-refractivity contribution in [3.05, 3.63) is 58.3 Å². The summed E-state index contributed by atoms with van der Waals surface area (Å²) < 4.78 is 27.5. The number of benzene rings is 1. The predicted molar refractivity (Wildman–Crippen MR) is 86.5 cm³/mol. The lowest BCUT2D eigenvalue weighted by Crippen LogP contribution is -2.23. The Morgan fingerprint density at radius 2 is 1.86 bits per heavy atom. The second-order valence-electron chi connectivity index (χ2n) is 5.06. The molecule has 0 aliphatic rings. The van der Waals surface area contributed by atoms with Crippen LogP contribution in [-0.2, 0) is 16.6 Å². The average molecular weight is 369 g/mol. The molecule has 0 fully saturated rings. The van der Waals surface area contributed by atoms with Gasteiger partial charge in [-0.2, -0.15) is 0 Å². The Kier molecular flexibility index (Phi) is 5.13. The number of nitrogens with one attached hydrogen (secondary N) is 1. The molecule has 0 bridgehead atoms. The summed E-state index contributed by atoms with van der Waals surface area (Å²) in [6.45, 7) is 4.50. The number of hydrogen-bond donors (Lipinski definition) is 1. The smallest absolute Gasteiger partial charge is 0.242 e. The summed E-state index contributed by atoms with van der Waals surface area (Å²) in [7, 11) is -3.55. The van der Waals surface area contributed by atoms with Crippen LogP contribution in [0.15, 0.2) is 52.1 Å². The molecule has 2 rings (SSSR count). The normalized spacial score (nSPS) is 11.8. The van der Waals surface area contributed by atoms with Gasteiger partial charge in [0, 0.05) is 23.4 Å². The van der Waals surface area contributed by atoms with Gasteiger partial charge >= 0.3 is 0 Å². The first-order chi connectivity index (χ1) is 9.88. The van der Waals surface area contributed by atoms with Crippen LogP contribution in [-0.4, -0.2) is 13.4 Å². The van der Waals surface area contributed by atoms with Crippen molar-refractivity contribution in [3.8, 4) is 0 Å². The van der Waals surface area contributed by atoms with Crippen LogP contribution in [0, 0.1) is 0 Å². The fourth-order valence-corrected chi connectivity index (χ4v) is 3.34. The van der Waals surface area contributed by atoms with E-state index >= 15 is 0 Å². The molecule has 1 N–H and O–H groups in total. The van der Waals surface area contributed by atoms with Crippen LogP contribution >= 0.6 is 15.9 Å². The molecule has 0 unspecified atom stereocenters. The summed E-state index contributed by atoms with van der Waals surface area (Å²) in [5, 5.41) is 0. The molecule has 0 radical (unpaired) electrons. The highest BCUT2D eigenvalue weighted by Crippen LogP contribution is 2.16. The SMILES string of the molecule is CC(C)c1ccc(CNS(=O)(=O)c2cncc(Br)c2)cc1. The molecule has 21 heavy (non-hydrogen) atoms. The van der Waals surface area contributed by atoms with Crippen molar-refractivity contribution in [1.82, 2.24) is 9.71 Å². The third-order valence-corrected chi connectivity index (χ3v) is 4.90. The third kappa shape index (κ3) is 4.36. The zero-order valence-electron chi connectivity index (χ0n) is 11.9. The fraction of sp³-hybridized carbons (Fsp3) is 0.267. The van der Waals surface area contributed by atoms with Gasteiger partial charge in [-0.15, -0.1) is 0 Å². The molecule has 0 amide bonds. The van der Waals surface area contributed by atoms with E-state index in [1.807, 2.05) is 24.3 Å². The zero-order chi connectivity index (χ0) is 15.5. The minimum absolute atomic E-state index is 0.149. The zero-order valence-corrected chi connectivity index (χ0v) is 14.3. The summed E-state index contributed by atoms with van der Waals surface area (Å²) in [4.78, 5) is 4.02. The highest BCUT2D eigenvalue weighted by molar-refractivity contribution is 9.10. The highest BCUT2D eigenvalue weighted by Gasteiger charge is 2.14. The first-order valence-corrected chi connectivity index (χ1v) is 8.85. The van der Waals surface area contributed by atoms with E-state index in [4.69, 9.17) is 0 Å². The Balaban J connectivity index is 2.08. The Morgan fingerprint density at radius 1 is 1.19 bits per heavy atom. The summed E-state index contributed by atoms with van der Waals surface area (Å²) in [6.07, 6.45) is 2.87. The Bertz CT molecular complexity index is 713. The molecule has 0 saturated heterocycles. The maximum Gasteiger partial charge on any atom is 0.242 e. The van der Waals surface area contributed by atoms with Gasteiger partial charge in [0.1, 0.15) is 4.90 Å². The number of hydrogen-bond acceptors (Lipinski definition) is 3. The van der Waals surface area contributed by atoms with Crippen LogP contribution in [0.25, 0.3) is 0 Å². The molecule has 1 aromatic carbocycles. The predicted octanol–water partition coefficient (Wildman–Crippen LogP) is 3.45. The van der Waals surface area contributed by atoms with E-state index in [-0.39, 0.29) is 11.4 Å². The summed E-state index contributed by atoms with van der Waals surface area (Å²) in [6, 6.07) is 9.45. The molecule has 6 heteroatoms. The molecule has 1 heterocycles. The molecule has 0 aliphatic heterocycles. The second-order valence-corrected chi connectivity index (χ2v) is 7.74. The van der Waals surface area contributed by atoms with Crippen LogP contribution in [0.3, 0.4) is 0 Å². The number of halogens is 1. The molecule has 0 saturated carbocycles. The van der Waals surface area contributed by atoms with E-state index in [0.29, 0.717) is 10.4 Å². The minimum Gasteiger partial charge on any atom is -0.262 e. The quantitative estimate of drug-likeness (QED) is 0.878. The number of nitrogens with zero attached hydrogens (tertiary/aromatic N) is 1. The standard InChI is InChI=1S/C15H17BrN2O2S/c1-11(2)13-5-3-12(4-6-13)8-18-21(19,20)15-7-14(16)9-17-10-15/h3-7,9-11,18H,8H2,1-2H3. The van der Waals surface area contributed by atoms with Crippen molar-refractivity contribution in [2.24, 2.45) is 0 Å². The first-order valence-electron chi connectivity index (χ1n) is 6.57. The van der Waals surface area contributed by atoms with Crippen molar-refractivity contribution in [2.45, 2.75) is 31.2 Å². The second kappa shape index (κ2) is 6.68. The maximum absolute atomic E-state index is 12.2. The number of aromatic nitrogens is 1. The minimum atomic E-state index is -3.55. The molecule has 112 valence electrons. The highest BCUT2D eigenvalue weighted by atomic mass is 79.9. The maximum atomic E-state index is 12.2. The lowest BCUT2D eigenvalue weighted by Gasteiger charge is -2.09. The monoisotopic (exact) mass is 368 g/mol. The summed E-state index contributed by atoms with van der Waals surface area (Å²) >= 11 is 3.22. The van der Waals surface area contributed by atoms with Gasteiger partial charge in [-0.05, 0) is 39.0 Å². The first kappa shape index (κ1) is 16.1. The van der Waals surface area contributed by atoms with Crippen molar-refractivity contribution in [3.63, 3.8) is 0 Å². The van der Waals surface area contributed by atoms with Crippen LogP contribution in [0.5, 0.6) is 0 Å². The summed E-state index contributed by atoms with van der Waals surface area (Å²) in [5.41, 5.74) is 2.16. The Morgan fingerprint density at radius 3 is 2.43 bits per heavy atom. The number of sulfonamides is 1. The van der Waals surface area contributed by atoms with E-state index in [0.717, 1.165) is 5.56 Å². The van der Waals surface area contributed by atoms with Crippen molar-refractivity contribution in [2.75, 3.05) is 0 Å². The Labute approximate surface area is 133 Å². The molecule has 2 aromatic rings. The van der Waals surface area contributed by atoms with Gasteiger partial charge < -0.3 is 0 Å². The molecular weight excluding hydrogens is 352 g/mol. The van der Waals surface area contributed by atoms with Gasteiger partial charge in [0.25, 0.3) is 0 Å². The van der Waals surface area contributed by atoms with Gasteiger partial charge in [0.2, 0.25) is 10.0 Å². The van der Waals surface area contributed by atoms with E-state index in [9.17, 15) is 8.42 Å². The molecular formula is C15H17BrN2O2S. The van der Waals surface area contributed by atoms with E-state index in [2.05, 4.69) is 39.5 Å². The van der Waals surface area contributed by atoms with Gasteiger partial charge in [-0.3, -0.25) is 4.98 Å². The van der Waals surface area contributed by atoms with Gasteiger partial charge in [-0.25, -0.2) is 13.1 Å². The van der Waals surface area contributed by atoms with Gasteiger partial charge in [0.15, 0.2) is 0 Å². The third-order valence-electron chi connectivity index (χ3n) is 3.10. The molecule has 0 aliphatic carbocycles. The van der Waals surface area contributed by atoms with E-state index in [1.165, 1.54) is 17.8 Å². The largest absolute Gasteiger partial charge is 0.262 e. The van der Waals surface area contributed by atoms with Crippen molar-refractivity contribution >= 4 is 26.0 Å². The molecule has 0 spiro atoms. The lowest BCUT2D eigenvalue weighted by molar-refractivity contribution is 0.581. The van der Waals surface area contributed by atoms with E-state index in [1.54, 1.807) is 6.20 Å². The molecule has 4 nitrogen and oxygen atoms in total. The summed E-state index contributed by atoms with van der Waals surface area (Å²) in [5.74, 6) is 0.462. The average Bonchev–Trinajstić information content (AvgIpc) is 2.45.